The van der Waals surface area contributed by atoms with Crippen LogP contribution in [0.25, 0.3) is 0 Å². The van der Waals surface area contributed by atoms with Crippen LogP contribution < -0.4 is 20.7 Å². The average Bonchev–Trinajstić information content (AvgIpc) is 2.80. The van der Waals surface area contributed by atoms with Crippen molar-refractivity contribution in [1.82, 2.24) is 15.2 Å². The van der Waals surface area contributed by atoms with Crippen molar-refractivity contribution >= 4 is 15.9 Å². The van der Waals surface area contributed by atoms with E-state index in [2.05, 4.69) is 26.5 Å². The molecule has 0 bridgehead atoms. The van der Waals surface area contributed by atoms with Crippen molar-refractivity contribution in [1.29, 1.82) is 0 Å². The van der Waals surface area contributed by atoms with Gasteiger partial charge in [-0.1, -0.05) is 12.1 Å². The van der Waals surface area contributed by atoms with Gasteiger partial charge in [-0.25, -0.2) is 5.43 Å². The normalized spacial score (nSPS) is 12.2. The van der Waals surface area contributed by atoms with E-state index < -0.39 is 0 Å². The molecule has 2 rings (SSSR count). The Bertz CT molecular complexity index is 581. The molecule has 1 aromatic carbocycles. The first kappa shape index (κ1) is 14.8. The maximum atomic E-state index is 5.74. The molecule has 6 nitrogen and oxygen atoms in total. The van der Waals surface area contributed by atoms with Crippen molar-refractivity contribution in [3.63, 3.8) is 0 Å². The molecule has 0 aliphatic rings. The monoisotopic (exact) mass is 340 g/mol. The Labute approximate surface area is 126 Å². The Morgan fingerprint density at radius 2 is 2.10 bits per heavy atom. The third kappa shape index (κ3) is 2.52. The van der Waals surface area contributed by atoms with E-state index in [1.54, 1.807) is 25.1 Å². The first-order chi connectivity index (χ1) is 9.63. The van der Waals surface area contributed by atoms with Crippen LogP contribution in [-0.2, 0) is 7.05 Å². The lowest BCUT2D eigenvalue weighted by Crippen LogP contribution is -2.31. The number of hydrogen-bond donors (Lipinski definition) is 2. The number of hydrogen-bond acceptors (Lipinski definition) is 5. The lowest BCUT2D eigenvalue weighted by Gasteiger charge is -2.21. The molecular formula is C13H17BrN4O2. The van der Waals surface area contributed by atoms with Crippen LogP contribution in [0.3, 0.4) is 0 Å². The number of benzene rings is 1. The molecular weight excluding hydrogens is 324 g/mol. The molecule has 3 N–H and O–H groups in total. The van der Waals surface area contributed by atoms with Gasteiger partial charge in [-0.2, -0.15) is 5.10 Å². The minimum Gasteiger partial charge on any atom is -0.493 e. The quantitative estimate of drug-likeness (QED) is 0.640. The average molecular weight is 341 g/mol. The number of nitrogens with two attached hydrogens (primary N) is 1. The number of nitrogens with zero attached hydrogens (tertiary/aromatic N) is 2. The lowest BCUT2D eigenvalue weighted by atomic mass is 10.0. The molecule has 0 radical (unpaired) electrons. The van der Waals surface area contributed by atoms with E-state index in [1.165, 1.54) is 0 Å². The minimum atomic E-state index is -0.276. The second-order valence-corrected chi connectivity index (χ2v) is 5.04. The number of aryl methyl sites for hydroxylation is 1. The zero-order chi connectivity index (χ0) is 14.7. The SMILES string of the molecule is COc1cccc(C(NN)c2c(Br)cnn2C)c1OC. The first-order valence-electron chi connectivity index (χ1n) is 5.98. The summed E-state index contributed by atoms with van der Waals surface area (Å²) in [5.74, 6) is 7.04. The summed E-state index contributed by atoms with van der Waals surface area (Å²) in [7, 11) is 5.07. The molecule has 0 amide bonds. The predicted molar refractivity (Wildman–Crippen MR) is 79.6 cm³/mol. The number of aromatic nitrogens is 2. The summed E-state index contributed by atoms with van der Waals surface area (Å²) in [6.45, 7) is 0. The third-order valence-electron chi connectivity index (χ3n) is 3.12. The van der Waals surface area contributed by atoms with Gasteiger partial charge in [0.25, 0.3) is 0 Å². The van der Waals surface area contributed by atoms with Crippen LogP contribution in [-0.4, -0.2) is 24.0 Å². The maximum Gasteiger partial charge on any atom is 0.165 e. The van der Waals surface area contributed by atoms with Crippen LogP contribution >= 0.6 is 15.9 Å². The lowest BCUT2D eigenvalue weighted by molar-refractivity contribution is 0.348. The summed E-state index contributed by atoms with van der Waals surface area (Å²) >= 11 is 3.49. The van der Waals surface area contributed by atoms with Gasteiger partial charge < -0.3 is 9.47 Å². The second kappa shape index (κ2) is 6.25. The van der Waals surface area contributed by atoms with Gasteiger partial charge in [0.05, 0.1) is 36.6 Å². The van der Waals surface area contributed by atoms with Gasteiger partial charge in [-0.05, 0) is 22.0 Å². The Morgan fingerprint density at radius 1 is 1.35 bits per heavy atom. The van der Waals surface area contributed by atoms with E-state index in [0.717, 1.165) is 15.7 Å². The molecule has 1 aromatic heterocycles. The van der Waals surface area contributed by atoms with Crippen molar-refractivity contribution in [2.45, 2.75) is 6.04 Å². The number of ether oxygens (including phenoxy) is 2. The highest BCUT2D eigenvalue weighted by Crippen LogP contribution is 2.38. The molecule has 0 spiro atoms. The van der Waals surface area contributed by atoms with E-state index in [4.69, 9.17) is 15.3 Å². The Kier molecular flexibility index (Phi) is 4.64. The molecule has 0 aliphatic heterocycles. The van der Waals surface area contributed by atoms with Crippen LogP contribution in [0, 0.1) is 0 Å². The van der Waals surface area contributed by atoms with Gasteiger partial charge in [0, 0.05) is 12.6 Å². The van der Waals surface area contributed by atoms with E-state index >= 15 is 0 Å². The molecule has 0 fully saturated rings. The van der Waals surface area contributed by atoms with E-state index in [0.29, 0.717) is 11.5 Å². The van der Waals surface area contributed by atoms with Crippen LogP contribution in [0.2, 0.25) is 0 Å². The smallest absolute Gasteiger partial charge is 0.165 e. The fourth-order valence-corrected chi connectivity index (χ4v) is 2.78. The molecule has 1 unspecified atom stereocenters. The summed E-state index contributed by atoms with van der Waals surface area (Å²) in [6, 6.07) is 5.40. The van der Waals surface area contributed by atoms with Crippen molar-refractivity contribution < 1.29 is 9.47 Å². The first-order valence-corrected chi connectivity index (χ1v) is 6.77. The standard InChI is InChI=1S/C13H17BrN4O2/c1-18-12(9(14)7-16-18)11(17-15)8-5-4-6-10(19-2)13(8)20-3/h4-7,11,17H,15H2,1-3H3. The number of rotatable bonds is 5. The zero-order valence-electron chi connectivity index (χ0n) is 11.6. The number of nitrogens with one attached hydrogen (secondary N) is 1. The minimum absolute atomic E-state index is 0.276. The van der Waals surface area contributed by atoms with Crippen molar-refractivity contribution in [2.75, 3.05) is 14.2 Å². The van der Waals surface area contributed by atoms with Crippen molar-refractivity contribution in [2.24, 2.45) is 12.9 Å². The highest BCUT2D eigenvalue weighted by Gasteiger charge is 2.24. The molecule has 2 aromatic rings. The van der Waals surface area contributed by atoms with Gasteiger partial charge in [0.15, 0.2) is 11.5 Å². The van der Waals surface area contributed by atoms with Crippen LogP contribution in [0.1, 0.15) is 17.3 Å². The van der Waals surface area contributed by atoms with Gasteiger partial charge in [-0.3, -0.25) is 10.5 Å². The summed E-state index contributed by atoms with van der Waals surface area (Å²) in [6.07, 6.45) is 1.73. The van der Waals surface area contributed by atoms with Crippen LogP contribution in [0.5, 0.6) is 11.5 Å². The van der Waals surface area contributed by atoms with E-state index in [-0.39, 0.29) is 6.04 Å². The number of halogens is 1. The van der Waals surface area contributed by atoms with Gasteiger partial charge in [0.2, 0.25) is 0 Å². The summed E-state index contributed by atoms with van der Waals surface area (Å²) in [5, 5.41) is 4.21. The topological polar surface area (TPSA) is 74.3 Å². The summed E-state index contributed by atoms with van der Waals surface area (Å²) in [4.78, 5) is 0. The molecule has 0 saturated heterocycles. The fourth-order valence-electron chi connectivity index (χ4n) is 2.20. The second-order valence-electron chi connectivity index (χ2n) is 4.18. The molecule has 20 heavy (non-hydrogen) atoms. The van der Waals surface area contributed by atoms with Crippen LogP contribution in [0.15, 0.2) is 28.9 Å². The van der Waals surface area contributed by atoms with Crippen molar-refractivity contribution in [3.8, 4) is 11.5 Å². The van der Waals surface area contributed by atoms with Crippen LogP contribution in [0.4, 0.5) is 0 Å². The molecule has 108 valence electrons. The summed E-state index contributed by atoms with van der Waals surface area (Å²) in [5.41, 5.74) is 4.58. The molecule has 1 atom stereocenters. The van der Waals surface area contributed by atoms with E-state index in [9.17, 15) is 0 Å². The predicted octanol–water partition coefficient (Wildman–Crippen LogP) is 1.75. The third-order valence-corrected chi connectivity index (χ3v) is 3.73. The zero-order valence-corrected chi connectivity index (χ0v) is 13.1. The molecule has 0 aliphatic carbocycles. The van der Waals surface area contributed by atoms with E-state index in [1.807, 2.05) is 25.2 Å². The number of hydrazine groups is 1. The summed E-state index contributed by atoms with van der Waals surface area (Å²) < 4.78 is 13.4. The maximum absolute atomic E-state index is 5.74. The molecule has 7 heteroatoms. The molecule has 0 saturated carbocycles. The van der Waals surface area contributed by atoms with Gasteiger partial charge in [0.1, 0.15) is 0 Å². The largest absolute Gasteiger partial charge is 0.493 e. The highest BCUT2D eigenvalue weighted by molar-refractivity contribution is 9.10. The Hall–Kier alpha value is -1.57. The molecule has 1 heterocycles. The van der Waals surface area contributed by atoms with Gasteiger partial charge in [-0.15, -0.1) is 0 Å². The fraction of sp³-hybridized carbons (Fsp3) is 0.308. The highest BCUT2D eigenvalue weighted by atomic mass is 79.9. The number of para-hydroxylation sites is 1. The van der Waals surface area contributed by atoms with Crippen molar-refractivity contribution in [3.05, 3.63) is 40.1 Å². The number of methoxy groups -OCH3 is 2. The van der Waals surface area contributed by atoms with Gasteiger partial charge >= 0.3 is 0 Å². The Balaban J connectivity index is 2.58. The Morgan fingerprint density at radius 3 is 2.60 bits per heavy atom.